The quantitative estimate of drug-likeness (QED) is 0.657. The maximum absolute atomic E-state index is 12.5. The van der Waals surface area contributed by atoms with E-state index in [0.29, 0.717) is 18.7 Å². The monoisotopic (exact) mass is 355 g/mol. The molecule has 2 heterocycles. The van der Waals surface area contributed by atoms with Gasteiger partial charge in [0.15, 0.2) is 5.13 Å². The predicted molar refractivity (Wildman–Crippen MR) is 99.8 cm³/mol. The Morgan fingerprint density at radius 1 is 1.28 bits per heavy atom. The minimum atomic E-state index is -0.0596. The number of carbonyl (C=O) groups is 1. The second-order valence-corrected chi connectivity index (χ2v) is 6.58. The molecule has 0 aliphatic heterocycles. The van der Waals surface area contributed by atoms with Gasteiger partial charge in [0.25, 0.3) is 5.91 Å². The number of thiazole rings is 1. The smallest absolute Gasteiger partial charge is 0.253 e. The van der Waals surface area contributed by atoms with E-state index in [0.717, 1.165) is 28.7 Å². The number of aryl methyl sites for hydroxylation is 1. The van der Waals surface area contributed by atoms with Crippen LogP contribution in [0.4, 0.5) is 0 Å². The molecule has 0 spiro atoms. The van der Waals surface area contributed by atoms with Gasteiger partial charge >= 0.3 is 0 Å². The van der Waals surface area contributed by atoms with E-state index in [1.807, 2.05) is 60.2 Å². The number of benzene rings is 1. The van der Waals surface area contributed by atoms with Gasteiger partial charge in [-0.05, 0) is 38.5 Å². The lowest BCUT2D eigenvalue weighted by molar-refractivity contribution is 0.0951. The second-order valence-electron chi connectivity index (χ2n) is 5.71. The Hall–Kier alpha value is -2.60. The Bertz CT molecular complexity index is 826. The molecule has 6 heteroatoms. The standard InChI is InChI=1S/C19H21N3O2S/c1-14-13-17(15(2)22(14)19-21-10-12-25-19)18(23)20-9-6-11-24-16-7-4-3-5-8-16/h3-5,7-8,10,12-13H,6,9,11H2,1-2H3,(H,20,23). The van der Waals surface area contributed by atoms with E-state index >= 15 is 0 Å². The molecule has 0 atom stereocenters. The highest BCUT2D eigenvalue weighted by molar-refractivity contribution is 7.12. The summed E-state index contributed by atoms with van der Waals surface area (Å²) >= 11 is 1.56. The van der Waals surface area contributed by atoms with Gasteiger partial charge in [-0.1, -0.05) is 18.2 Å². The lowest BCUT2D eigenvalue weighted by Crippen LogP contribution is -2.26. The fraction of sp³-hybridized carbons (Fsp3) is 0.263. The van der Waals surface area contributed by atoms with E-state index in [1.54, 1.807) is 17.5 Å². The number of hydrogen-bond acceptors (Lipinski definition) is 4. The van der Waals surface area contributed by atoms with E-state index in [-0.39, 0.29) is 5.91 Å². The van der Waals surface area contributed by atoms with Crippen LogP contribution in [0, 0.1) is 13.8 Å². The molecule has 0 aliphatic rings. The largest absolute Gasteiger partial charge is 0.494 e. The second kappa shape index (κ2) is 7.98. The molecule has 1 amide bonds. The van der Waals surface area contributed by atoms with Crippen molar-refractivity contribution in [2.45, 2.75) is 20.3 Å². The molecule has 0 fully saturated rings. The fourth-order valence-electron chi connectivity index (χ4n) is 2.69. The Kier molecular flexibility index (Phi) is 5.50. The van der Waals surface area contributed by atoms with E-state index in [2.05, 4.69) is 10.3 Å². The topological polar surface area (TPSA) is 56.1 Å². The molecule has 0 bridgehead atoms. The van der Waals surface area contributed by atoms with Gasteiger partial charge in [0.2, 0.25) is 0 Å². The summed E-state index contributed by atoms with van der Waals surface area (Å²) in [6, 6.07) is 11.6. The van der Waals surface area contributed by atoms with Crippen LogP contribution in [0.3, 0.4) is 0 Å². The molecule has 0 saturated carbocycles. The molecule has 0 radical (unpaired) electrons. The number of aromatic nitrogens is 2. The first kappa shape index (κ1) is 17.2. The molecule has 0 saturated heterocycles. The van der Waals surface area contributed by atoms with E-state index < -0.39 is 0 Å². The number of para-hydroxylation sites is 1. The molecule has 0 aliphatic carbocycles. The van der Waals surface area contributed by atoms with Crippen molar-refractivity contribution in [2.75, 3.05) is 13.2 Å². The van der Waals surface area contributed by atoms with Crippen LogP contribution >= 0.6 is 11.3 Å². The van der Waals surface area contributed by atoms with Crippen molar-refractivity contribution in [1.82, 2.24) is 14.9 Å². The molecule has 5 nitrogen and oxygen atoms in total. The molecule has 25 heavy (non-hydrogen) atoms. The summed E-state index contributed by atoms with van der Waals surface area (Å²) < 4.78 is 7.64. The van der Waals surface area contributed by atoms with Crippen LogP contribution in [0.15, 0.2) is 48.0 Å². The molecule has 1 N–H and O–H groups in total. The van der Waals surface area contributed by atoms with Gasteiger partial charge in [-0.3, -0.25) is 9.36 Å². The Morgan fingerprint density at radius 2 is 2.08 bits per heavy atom. The number of hydrogen-bond donors (Lipinski definition) is 1. The Labute approximate surface area is 151 Å². The molecule has 3 aromatic rings. The minimum Gasteiger partial charge on any atom is -0.494 e. The van der Waals surface area contributed by atoms with Crippen molar-refractivity contribution in [1.29, 1.82) is 0 Å². The fourth-order valence-corrected chi connectivity index (χ4v) is 3.44. The van der Waals surface area contributed by atoms with Gasteiger partial charge in [0.1, 0.15) is 5.75 Å². The number of amides is 1. The first-order chi connectivity index (χ1) is 12.2. The average molecular weight is 355 g/mol. The third kappa shape index (κ3) is 4.09. The van der Waals surface area contributed by atoms with Crippen molar-refractivity contribution in [3.63, 3.8) is 0 Å². The van der Waals surface area contributed by atoms with Crippen molar-refractivity contribution in [3.05, 3.63) is 64.9 Å². The van der Waals surface area contributed by atoms with Crippen molar-refractivity contribution < 1.29 is 9.53 Å². The minimum absolute atomic E-state index is 0.0596. The summed E-state index contributed by atoms with van der Waals surface area (Å²) in [5, 5.41) is 5.77. The van der Waals surface area contributed by atoms with Crippen LogP contribution in [-0.2, 0) is 0 Å². The summed E-state index contributed by atoms with van der Waals surface area (Å²) in [6.45, 7) is 5.08. The lowest BCUT2D eigenvalue weighted by Gasteiger charge is -2.08. The summed E-state index contributed by atoms with van der Waals surface area (Å²) in [4.78, 5) is 16.8. The van der Waals surface area contributed by atoms with Crippen LogP contribution in [0.5, 0.6) is 5.75 Å². The first-order valence-electron chi connectivity index (χ1n) is 8.21. The molecule has 2 aromatic heterocycles. The van der Waals surface area contributed by atoms with Crippen LogP contribution in [0.25, 0.3) is 5.13 Å². The summed E-state index contributed by atoms with van der Waals surface area (Å²) in [5.74, 6) is 0.788. The Balaban J connectivity index is 1.53. The van der Waals surface area contributed by atoms with Crippen molar-refractivity contribution in [2.24, 2.45) is 0 Å². The summed E-state index contributed by atoms with van der Waals surface area (Å²) in [5.41, 5.74) is 2.60. The zero-order valence-corrected chi connectivity index (χ0v) is 15.2. The number of rotatable bonds is 7. The summed E-state index contributed by atoms with van der Waals surface area (Å²) in [7, 11) is 0. The lowest BCUT2D eigenvalue weighted by atomic mass is 10.2. The molecular weight excluding hydrogens is 334 g/mol. The van der Waals surface area contributed by atoms with Gasteiger partial charge in [-0.2, -0.15) is 0 Å². The van der Waals surface area contributed by atoms with Gasteiger partial charge in [0.05, 0.1) is 12.2 Å². The maximum atomic E-state index is 12.5. The molecule has 3 rings (SSSR count). The normalized spacial score (nSPS) is 10.6. The van der Waals surface area contributed by atoms with Crippen LogP contribution in [0.2, 0.25) is 0 Å². The van der Waals surface area contributed by atoms with Gasteiger partial charge in [-0.25, -0.2) is 4.98 Å². The van der Waals surface area contributed by atoms with Crippen LogP contribution < -0.4 is 10.1 Å². The average Bonchev–Trinajstić information content (AvgIpc) is 3.23. The number of nitrogens with zero attached hydrogens (tertiary/aromatic N) is 2. The van der Waals surface area contributed by atoms with Gasteiger partial charge in [-0.15, -0.1) is 11.3 Å². The zero-order valence-electron chi connectivity index (χ0n) is 14.4. The van der Waals surface area contributed by atoms with E-state index in [9.17, 15) is 4.79 Å². The van der Waals surface area contributed by atoms with E-state index in [1.165, 1.54) is 0 Å². The van der Waals surface area contributed by atoms with Crippen LogP contribution in [-0.4, -0.2) is 28.6 Å². The zero-order chi connectivity index (χ0) is 17.6. The van der Waals surface area contributed by atoms with Gasteiger partial charge < -0.3 is 10.1 Å². The van der Waals surface area contributed by atoms with E-state index in [4.69, 9.17) is 4.74 Å². The molecule has 1 aromatic carbocycles. The highest BCUT2D eigenvalue weighted by Gasteiger charge is 2.17. The first-order valence-corrected chi connectivity index (χ1v) is 9.09. The SMILES string of the molecule is Cc1cc(C(=O)NCCCOc2ccccc2)c(C)n1-c1nccs1. The maximum Gasteiger partial charge on any atom is 0.253 e. The third-order valence-corrected chi connectivity index (χ3v) is 4.66. The van der Waals surface area contributed by atoms with Crippen molar-refractivity contribution >= 4 is 17.2 Å². The number of nitrogens with one attached hydrogen (secondary N) is 1. The van der Waals surface area contributed by atoms with Crippen LogP contribution in [0.1, 0.15) is 28.2 Å². The third-order valence-electron chi connectivity index (χ3n) is 3.90. The highest BCUT2D eigenvalue weighted by Crippen LogP contribution is 2.22. The summed E-state index contributed by atoms with van der Waals surface area (Å²) in [6.07, 6.45) is 2.53. The van der Waals surface area contributed by atoms with Crippen molar-refractivity contribution in [3.8, 4) is 10.9 Å². The molecular formula is C19H21N3O2S. The highest BCUT2D eigenvalue weighted by atomic mass is 32.1. The molecule has 0 unspecified atom stereocenters. The Morgan fingerprint density at radius 3 is 2.80 bits per heavy atom. The molecule has 130 valence electrons. The number of carbonyl (C=O) groups excluding carboxylic acids is 1. The van der Waals surface area contributed by atoms with Gasteiger partial charge in [0, 0.05) is 29.5 Å². The number of ether oxygens (including phenoxy) is 1. The predicted octanol–water partition coefficient (Wildman–Crippen LogP) is 3.75.